The molecule has 0 bridgehead atoms. The van der Waals surface area contributed by atoms with Gasteiger partial charge in [-0.1, -0.05) is 13.8 Å². The molecule has 0 spiro atoms. The molecule has 0 saturated carbocycles. The number of rotatable bonds is 8. The number of pyridine rings is 1. The van der Waals surface area contributed by atoms with Crippen molar-refractivity contribution in [2.24, 2.45) is 10.9 Å². The Balaban J connectivity index is 0.00000400. The zero-order valence-corrected chi connectivity index (χ0v) is 15.5. The van der Waals surface area contributed by atoms with Crippen LogP contribution < -0.4 is 15.4 Å². The number of halogens is 1. The molecule has 2 N–H and O–H groups in total. The largest absolute Gasteiger partial charge is 0.490 e. The molecule has 0 saturated heterocycles. The van der Waals surface area contributed by atoms with Gasteiger partial charge in [-0.25, -0.2) is 0 Å². The molecule has 6 heteroatoms. The summed E-state index contributed by atoms with van der Waals surface area (Å²) in [4.78, 5) is 8.17. The highest BCUT2D eigenvalue weighted by Crippen LogP contribution is 2.05. The maximum Gasteiger partial charge on any atom is 0.191 e. The molecular formula is C15H27IN4O. The molecule has 1 rings (SSSR count). The highest BCUT2D eigenvalue weighted by atomic mass is 127. The van der Waals surface area contributed by atoms with Gasteiger partial charge in [-0.2, -0.15) is 0 Å². The number of hydrogen-bond donors (Lipinski definition) is 2. The predicted octanol–water partition coefficient (Wildman–Crippen LogP) is 2.68. The van der Waals surface area contributed by atoms with E-state index in [0.717, 1.165) is 30.6 Å². The van der Waals surface area contributed by atoms with Crippen molar-refractivity contribution in [3.05, 3.63) is 24.5 Å². The molecule has 0 aliphatic carbocycles. The van der Waals surface area contributed by atoms with Crippen LogP contribution in [0.1, 0.15) is 26.7 Å². The van der Waals surface area contributed by atoms with Crippen LogP contribution >= 0.6 is 24.0 Å². The van der Waals surface area contributed by atoms with Crippen LogP contribution in [0, 0.1) is 5.92 Å². The Morgan fingerprint density at radius 2 is 2.10 bits per heavy atom. The van der Waals surface area contributed by atoms with Crippen LogP contribution in [0.3, 0.4) is 0 Å². The second-order valence-corrected chi connectivity index (χ2v) is 5.00. The number of aliphatic imine (C=N–C) groups is 1. The van der Waals surface area contributed by atoms with Crippen molar-refractivity contribution in [1.82, 2.24) is 15.6 Å². The third-order valence-corrected chi connectivity index (χ3v) is 2.77. The van der Waals surface area contributed by atoms with Gasteiger partial charge in [0.1, 0.15) is 12.4 Å². The fourth-order valence-electron chi connectivity index (χ4n) is 1.71. The summed E-state index contributed by atoms with van der Waals surface area (Å²) in [6.07, 6.45) is 5.83. The van der Waals surface area contributed by atoms with Gasteiger partial charge in [0.05, 0.1) is 12.7 Å². The molecule has 0 aliphatic heterocycles. The smallest absolute Gasteiger partial charge is 0.191 e. The zero-order valence-electron chi connectivity index (χ0n) is 13.1. The molecule has 1 aromatic heterocycles. The van der Waals surface area contributed by atoms with Gasteiger partial charge in [-0.05, 0) is 30.9 Å². The van der Waals surface area contributed by atoms with E-state index in [9.17, 15) is 0 Å². The van der Waals surface area contributed by atoms with Crippen LogP contribution in [-0.2, 0) is 0 Å². The molecule has 0 atom stereocenters. The number of nitrogens with one attached hydrogen (secondary N) is 2. The van der Waals surface area contributed by atoms with Gasteiger partial charge >= 0.3 is 0 Å². The van der Waals surface area contributed by atoms with Gasteiger partial charge in [-0.15, -0.1) is 24.0 Å². The highest BCUT2D eigenvalue weighted by Gasteiger charge is 1.98. The highest BCUT2D eigenvalue weighted by molar-refractivity contribution is 14.0. The lowest BCUT2D eigenvalue weighted by Crippen LogP contribution is -2.39. The Morgan fingerprint density at radius 1 is 1.33 bits per heavy atom. The minimum absolute atomic E-state index is 0. The second kappa shape index (κ2) is 12.7. The average Bonchev–Trinajstić information content (AvgIpc) is 2.46. The molecule has 21 heavy (non-hydrogen) atoms. The standard InChI is InChI=1S/C15H26N4O.HI/c1-13(2)6-4-9-18-15(16-3)19-10-11-20-14-7-5-8-17-12-14;/h5,7-8,12-13H,4,6,9-11H2,1-3H3,(H2,16,18,19);1H. The SMILES string of the molecule is CN=C(NCCCC(C)C)NCCOc1cccnc1.I. The molecule has 120 valence electrons. The van der Waals surface area contributed by atoms with Crippen LogP contribution in [0.4, 0.5) is 0 Å². The lowest BCUT2D eigenvalue weighted by molar-refractivity contribution is 0.320. The molecule has 0 unspecified atom stereocenters. The third-order valence-electron chi connectivity index (χ3n) is 2.77. The van der Waals surface area contributed by atoms with E-state index in [0.29, 0.717) is 13.2 Å². The van der Waals surface area contributed by atoms with Crippen molar-refractivity contribution in [3.63, 3.8) is 0 Å². The van der Waals surface area contributed by atoms with Crippen molar-refractivity contribution >= 4 is 29.9 Å². The van der Waals surface area contributed by atoms with E-state index in [2.05, 4.69) is 34.5 Å². The summed E-state index contributed by atoms with van der Waals surface area (Å²) in [5.41, 5.74) is 0. The van der Waals surface area contributed by atoms with Gasteiger partial charge in [0.15, 0.2) is 5.96 Å². The van der Waals surface area contributed by atoms with E-state index in [1.54, 1.807) is 19.4 Å². The van der Waals surface area contributed by atoms with Gasteiger partial charge in [0.2, 0.25) is 0 Å². The molecule has 0 fully saturated rings. The van der Waals surface area contributed by atoms with E-state index >= 15 is 0 Å². The summed E-state index contributed by atoms with van der Waals surface area (Å²) in [6.45, 7) is 6.71. The third kappa shape index (κ3) is 10.3. The maximum atomic E-state index is 5.55. The Labute approximate surface area is 145 Å². The molecule has 0 amide bonds. The van der Waals surface area contributed by atoms with Crippen LogP contribution in [0.5, 0.6) is 5.75 Å². The molecule has 5 nitrogen and oxygen atoms in total. The van der Waals surface area contributed by atoms with E-state index in [1.807, 2.05) is 12.1 Å². The van der Waals surface area contributed by atoms with E-state index in [1.165, 1.54) is 6.42 Å². The van der Waals surface area contributed by atoms with E-state index in [4.69, 9.17) is 4.74 Å². The van der Waals surface area contributed by atoms with Crippen molar-refractivity contribution in [2.45, 2.75) is 26.7 Å². The fraction of sp³-hybridized carbons (Fsp3) is 0.600. The average molecular weight is 406 g/mol. The van der Waals surface area contributed by atoms with Crippen LogP contribution in [0.15, 0.2) is 29.5 Å². The monoisotopic (exact) mass is 406 g/mol. The summed E-state index contributed by atoms with van der Waals surface area (Å²) in [6, 6.07) is 3.75. The summed E-state index contributed by atoms with van der Waals surface area (Å²) < 4.78 is 5.55. The van der Waals surface area contributed by atoms with Crippen LogP contribution in [0.2, 0.25) is 0 Å². The van der Waals surface area contributed by atoms with Gasteiger partial charge in [0, 0.05) is 19.8 Å². The predicted molar refractivity (Wildman–Crippen MR) is 98.6 cm³/mol. The van der Waals surface area contributed by atoms with Gasteiger partial charge < -0.3 is 15.4 Å². The summed E-state index contributed by atoms with van der Waals surface area (Å²) in [5.74, 6) is 2.36. The Kier molecular flexibility index (Phi) is 12.0. The topological polar surface area (TPSA) is 58.5 Å². The van der Waals surface area contributed by atoms with Crippen LogP contribution in [-0.4, -0.2) is 37.7 Å². The number of hydrogen-bond acceptors (Lipinski definition) is 3. The fourth-order valence-corrected chi connectivity index (χ4v) is 1.71. The number of guanidine groups is 1. The zero-order chi connectivity index (χ0) is 14.6. The number of ether oxygens (including phenoxy) is 1. The Hall–Kier alpha value is -1.05. The molecule has 0 aliphatic rings. The molecule has 0 aromatic carbocycles. The van der Waals surface area contributed by atoms with Crippen molar-refractivity contribution in [2.75, 3.05) is 26.7 Å². The first kappa shape index (κ1) is 19.9. The minimum atomic E-state index is 0. The molecule has 0 radical (unpaired) electrons. The van der Waals surface area contributed by atoms with Crippen molar-refractivity contribution in [3.8, 4) is 5.75 Å². The Morgan fingerprint density at radius 3 is 2.71 bits per heavy atom. The number of aromatic nitrogens is 1. The first-order valence-electron chi connectivity index (χ1n) is 7.19. The first-order chi connectivity index (χ1) is 9.72. The lowest BCUT2D eigenvalue weighted by Gasteiger charge is -2.12. The van der Waals surface area contributed by atoms with Crippen LogP contribution in [0.25, 0.3) is 0 Å². The Bertz CT molecular complexity index is 385. The lowest BCUT2D eigenvalue weighted by atomic mass is 10.1. The van der Waals surface area contributed by atoms with Gasteiger partial charge in [-0.3, -0.25) is 9.98 Å². The number of nitrogens with zero attached hydrogens (tertiary/aromatic N) is 2. The summed E-state index contributed by atoms with van der Waals surface area (Å²) in [7, 11) is 1.78. The van der Waals surface area contributed by atoms with Crippen molar-refractivity contribution in [1.29, 1.82) is 0 Å². The summed E-state index contributed by atoms with van der Waals surface area (Å²) >= 11 is 0. The molecular weight excluding hydrogens is 379 g/mol. The van der Waals surface area contributed by atoms with E-state index in [-0.39, 0.29) is 24.0 Å². The molecule has 1 heterocycles. The summed E-state index contributed by atoms with van der Waals surface area (Å²) in [5, 5.41) is 6.52. The van der Waals surface area contributed by atoms with E-state index < -0.39 is 0 Å². The molecule has 1 aromatic rings. The quantitative estimate of drug-likeness (QED) is 0.302. The minimum Gasteiger partial charge on any atom is -0.490 e. The second-order valence-electron chi connectivity index (χ2n) is 5.00. The first-order valence-corrected chi connectivity index (χ1v) is 7.19. The normalized spacial score (nSPS) is 11.0. The van der Waals surface area contributed by atoms with Crippen molar-refractivity contribution < 1.29 is 4.74 Å². The van der Waals surface area contributed by atoms with Gasteiger partial charge in [0.25, 0.3) is 0 Å². The maximum absolute atomic E-state index is 5.55.